The van der Waals surface area contributed by atoms with Crippen LogP contribution in [-0.2, 0) is 32.6 Å². The van der Waals surface area contributed by atoms with Gasteiger partial charge in [-0.3, -0.25) is 9.58 Å². The Morgan fingerprint density at radius 3 is 1.90 bits per heavy atom. The smallest absolute Gasteiger partial charge is 0.475 e. The summed E-state index contributed by atoms with van der Waals surface area (Å²) in [6.45, 7) is 1.36. The van der Waals surface area contributed by atoms with Crippen LogP contribution in [0.2, 0.25) is 0 Å². The van der Waals surface area contributed by atoms with Gasteiger partial charge in [0, 0.05) is 55.1 Å². The fourth-order valence-corrected chi connectivity index (χ4v) is 5.84. The fraction of sp³-hybridized carbons (Fsp3) is 0.455. The molecule has 1 aliphatic heterocycles. The first kappa shape index (κ1) is 49.1. The van der Waals surface area contributed by atoms with Crippen molar-refractivity contribution >= 4 is 28.9 Å². The number of likely N-dealkylation sites (tertiary alicyclic amines) is 1. The van der Waals surface area contributed by atoms with Crippen molar-refractivity contribution in [3.8, 4) is 23.2 Å². The van der Waals surface area contributed by atoms with Crippen molar-refractivity contribution in [1.82, 2.24) is 34.6 Å². The quantitative estimate of drug-likeness (QED) is 0.136. The normalized spacial score (nSPS) is 17.8. The Labute approximate surface area is 333 Å². The van der Waals surface area contributed by atoms with E-state index in [1.807, 2.05) is 23.1 Å². The van der Waals surface area contributed by atoms with Gasteiger partial charge in [0.05, 0.1) is 24.4 Å². The molecule has 0 radical (unpaired) electrons. The summed E-state index contributed by atoms with van der Waals surface area (Å²) in [6, 6.07) is 7.00. The van der Waals surface area contributed by atoms with Crippen LogP contribution in [0, 0.1) is 11.3 Å². The molecule has 0 bridgehead atoms. The van der Waals surface area contributed by atoms with Gasteiger partial charge >= 0.3 is 42.6 Å². The third kappa shape index (κ3) is 13.6. The molecule has 1 aliphatic carbocycles. The Hall–Kier alpha value is -6.24. The zero-order valence-corrected chi connectivity index (χ0v) is 30.6. The number of rotatable bonds is 7. The predicted molar refractivity (Wildman–Crippen MR) is 180 cm³/mol. The number of nitriles is 1. The van der Waals surface area contributed by atoms with E-state index in [1.165, 1.54) is 12.4 Å². The van der Waals surface area contributed by atoms with Gasteiger partial charge in [0.1, 0.15) is 29.3 Å². The first-order chi connectivity index (χ1) is 28.1. The van der Waals surface area contributed by atoms with E-state index in [-0.39, 0.29) is 18.5 Å². The predicted octanol–water partition coefficient (Wildman–Crippen LogP) is 5.91. The highest BCUT2D eigenvalue weighted by atomic mass is 19.4. The van der Waals surface area contributed by atoms with Crippen molar-refractivity contribution in [3.05, 3.63) is 54.4 Å². The van der Waals surface area contributed by atoms with Gasteiger partial charge in [-0.15, -0.1) is 0 Å². The molecule has 2 fully saturated rings. The number of carboxylic acid groups (broad SMARTS) is 3. The van der Waals surface area contributed by atoms with Gasteiger partial charge in [0.15, 0.2) is 0 Å². The Morgan fingerprint density at radius 1 is 0.885 bits per heavy atom. The van der Waals surface area contributed by atoms with Crippen molar-refractivity contribution in [3.63, 3.8) is 0 Å². The number of aromatic nitrogens is 6. The first-order valence-electron chi connectivity index (χ1n) is 16.9. The molecule has 4 aromatic heterocycles. The minimum atomic E-state index is -5.08. The molecular weight excluding hydrogens is 862 g/mol. The maximum atomic E-state index is 13.2. The molecular formula is C33H31F12N9O7. The minimum Gasteiger partial charge on any atom is -0.475 e. The summed E-state index contributed by atoms with van der Waals surface area (Å²) >= 11 is 0. The number of hydrogen-bond donors (Lipinski definition) is 5. The summed E-state index contributed by atoms with van der Waals surface area (Å²) in [6.07, 6.45) is -9.55. The van der Waals surface area contributed by atoms with Crippen LogP contribution in [0.15, 0.2) is 43.1 Å². The summed E-state index contributed by atoms with van der Waals surface area (Å²) < 4.78 is 143. The number of H-pyrrole nitrogens is 1. The number of alkyl halides is 12. The summed E-state index contributed by atoms with van der Waals surface area (Å²) in [5, 5.41) is 36.5. The fourth-order valence-electron chi connectivity index (χ4n) is 5.84. The van der Waals surface area contributed by atoms with Gasteiger partial charge in [-0.25, -0.2) is 29.3 Å². The number of aromatic amines is 1. The second kappa shape index (κ2) is 19.4. The number of halogens is 12. The van der Waals surface area contributed by atoms with Crippen LogP contribution in [0.4, 0.5) is 52.7 Å². The second-order valence-electron chi connectivity index (χ2n) is 13.0. The molecule has 0 atom stereocenters. The standard InChI is InChI=1S/C27H28F3N9O.3C2HF3O2/c28-27(29,30)22-9-17(11-32)10-23(37-22)40-20-3-1-19(2-4-20)38-14-26(15-38,6-7-31)39-13-18(12-36-39)24-21-5-8-33-25(21)35-16-34-24;3*3-2(4,5)1(6)7/h5,8-10,12-13,16,19-20H,1-4,6,11,14-15,32H2,(H,33,34,35);3*(H,6,7)/t19-,20+;;;. The largest absolute Gasteiger partial charge is 0.490 e. The number of aliphatic carboxylic acids is 3. The van der Waals surface area contributed by atoms with Crippen molar-refractivity contribution in [1.29, 1.82) is 5.26 Å². The summed E-state index contributed by atoms with van der Waals surface area (Å²) in [4.78, 5) is 44.5. The number of ether oxygens (including phenoxy) is 1. The van der Waals surface area contributed by atoms with Gasteiger partial charge in [-0.1, -0.05) is 0 Å². The zero-order chi connectivity index (χ0) is 46.1. The average molecular weight is 894 g/mol. The molecule has 16 nitrogen and oxygen atoms in total. The van der Waals surface area contributed by atoms with Gasteiger partial charge in [-0.2, -0.15) is 63.0 Å². The second-order valence-corrected chi connectivity index (χ2v) is 13.0. The van der Waals surface area contributed by atoms with Gasteiger partial charge in [0.25, 0.3) is 0 Å². The van der Waals surface area contributed by atoms with Crippen molar-refractivity contribution in [2.24, 2.45) is 5.73 Å². The number of nitrogens with zero attached hydrogens (tertiary/aromatic N) is 7. The van der Waals surface area contributed by atoms with Gasteiger partial charge in [0.2, 0.25) is 5.88 Å². The van der Waals surface area contributed by atoms with E-state index >= 15 is 0 Å². The van der Waals surface area contributed by atoms with Gasteiger partial charge in [-0.05, 0) is 43.4 Å². The highest BCUT2D eigenvalue weighted by molar-refractivity contribution is 5.90. The third-order valence-corrected chi connectivity index (χ3v) is 8.66. The van der Waals surface area contributed by atoms with Crippen LogP contribution >= 0.6 is 0 Å². The molecule has 0 spiro atoms. The lowest BCUT2D eigenvalue weighted by Crippen LogP contribution is -2.65. The molecule has 28 heteroatoms. The molecule has 0 aromatic carbocycles. The number of carbonyl (C=O) groups is 3. The van der Waals surface area contributed by atoms with E-state index in [9.17, 15) is 57.9 Å². The van der Waals surface area contributed by atoms with E-state index in [1.54, 1.807) is 6.20 Å². The molecule has 5 heterocycles. The van der Waals surface area contributed by atoms with Crippen LogP contribution in [0.5, 0.6) is 5.88 Å². The topological polar surface area (TPSA) is 246 Å². The number of nitrogens with two attached hydrogens (primary N) is 1. The van der Waals surface area contributed by atoms with Crippen LogP contribution in [0.1, 0.15) is 43.4 Å². The molecule has 4 aromatic rings. The van der Waals surface area contributed by atoms with Crippen LogP contribution in [-0.4, -0.2) is 112 Å². The average Bonchev–Trinajstić information content (AvgIpc) is 3.83. The molecule has 0 amide bonds. The molecule has 6 N–H and O–H groups in total. The third-order valence-electron chi connectivity index (χ3n) is 8.66. The van der Waals surface area contributed by atoms with Crippen molar-refractivity contribution in [2.75, 3.05) is 13.1 Å². The summed E-state index contributed by atoms with van der Waals surface area (Å²) in [5.74, 6) is -8.31. The van der Waals surface area contributed by atoms with Crippen LogP contribution in [0.3, 0.4) is 0 Å². The Morgan fingerprint density at radius 2 is 1.43 bits per heavy atom. The van der Waals surface area contributed by atoms with Crippen LogP contribution < -0.4 is 10.5 Å². The Bertz CT molecular complexity index is 2110. The number of pyridine rings is 1. The van der Waals surface area contributed by atoms with E-state index < -0.39 is 53.8 Å². The molecule has 2 aliphatic rings. The molecule has 6 rings (SSSR count). The lowest BCUT2D eigenvalue weighted by atomic mass is 9.82. The lowest BCUT2D eigenvalue weighted by Gasteiger charge is -2.53. The SMILES string of the molecule is N#CCC1(n2cc(-c3ncnc4[nH]ccc34)cn2)CN([C@H]2CC[C@@H](Oc3cc(CN)cc(C(F)(F)F)n3)CC2)C1.O=C(O)C(F)(F)F.O=C(O)C(F)(F)F.O=C(O)C(F)(F)F. The Balaban J connectivity index is 0.000000390. The number of hydrogen-bond acceptors (Lipinski definition) is 11. The van der Waals surface area contributed by atoms with Crippen molar-refractivity contribution in [2.45, 2.75) is 81.0 Å². The van der Waals surface area contributed by atoms with E-state index in [2.05, 4.69) is 36.0 Å². The first-order valence-corrected chi connectivity index (χ1v) is 16.9. The lowest BCUT2D eigenvalue weighted by molar-refractivity contribution is -0.193. The molecule has 334 valence electrons. The van der Waals surface area contributed by atoms with E-state index in [4.69, 9.17) is 40.2 Å². The maximum Gasteiger partial charge on any atom is 0.490 e. The maximum absolute atomic E-state index is 13.2. The Kier molecular flexibility index (Phi) is 15.6. The van der Waals surface area contributed by atoms with Gasteiger partial charge < -0.3 is 30.8 Å². The van der Waals surface area contributed by atoms with E-state index in [0.717, 1.165) is 41.2 Å². The van der Waals surface area contributed by atoms with Crippen molar-refractivity contribution < 1.29 is 87.1 Å². The number of fused-ring (bicyclic) bond motifs is 1. The molecule has 61 heavy (non-hydrogen) atoms. The number of carboxylic acids is 3. The molecule has 1 saturated carbocycles. The molecule has 1 saturated heterocycles. The summed E-state index contributed by atoms with van der Waals surface area (Å²) in [5.41, 5.74) is 6.90. The monoisotopic (exact) mass is 893 g/mol. The highest BCUT2D eigenvalue weighted by Gasteiger charge is 2.48. The summed E-state index contributed by atoms with van der Waals surface area (Å²) in [7, 11) is 0. The molecule has 0 unspecified atom stereocenters. The van der Waals surface area contributed by atoms with E-state index in [0.29, 0.717) is 44.0 Å². The number of nitrogens with one attached hydrogen (secondary N) is 1. The zero-order valence-electron chi connectivity index (χ0n) is 30.6. The highest BCUT2D eigenvalue weighted by Crippen LogP contribution is 2.39. The minimum absolute atomic E-state index is 0.0264. The van der Waals surface area contributed by atoms with Crippen LogP contribution in [0.25, 0.3) is 22.3 Å².